The van der Waals surface area contributed by atoms with E-state index < -0.39 is 0 Å². The van der Waals surface area contributed by atoms with Gasteiger partial charge in [-0.1, -0.05) is 79.6 Å². The van der Waals surface area contributed by atoms with E-state index in [0.29, 0.717) is 0 Å². The fraction of sp³-hybridized carbons (Fsp3) is 0.195. The molecule has 0 unspecified atom stereocenters. The summed E-state index contributed by atoms with van der Waals surface area (Å²) in [5.41, 5.74) is 7.17. The van der Waals surface area contributed by atoms with Crippen LogP contribution in [-0.4, -0.2) is 39.7 Å². The van der Waals surface area contributed by atoms with Crippen LogP contribution >= 0.6 is 79.6 Å². The van der Waals surface area contributed by atoms with Crippen molar-refractivity contribution in [2.75, 3.05) is 10.7 Å². The molecule has 1 N–H and O–H groups in total. The first-order valence-corrected chi connectivity index (χ1v) is 21.7. The van der Waals surface area contributed by atoms with Crippen molar-refractivity contribution in [2.24, 2.45) is 0 Å². The number of pyridine rings is 3. The van der Waals surface area contributed by atoms with Crippen molar-refractivity contribution >= 4 is 145 Å². The minimum Gasteiger partial charge on any atom is -0.353 e. The number of fused-ring (bicyclic) bond motifs is 9. The Morgan fingerprint density at radius 1 is 0.442 bits per heavy atom. The molecule has 0 aliphatic heterocycles. The Morgan fingerprint density at radius 2 is 0.904 bits per heavy atom. The van der Waals surface area contributed by atoms with Gasteiger partial charge in [-0.15, -0.1) is 0 Å². The predicted molar refractivity (Wildman–Crippen MR) is 237 cm³/mol. The van der Waals surface area contributed by atoms with E-state index in [1.165, 1.54) is 67.2 Å². The van der Waals surface area contributed by atoms with Gasteiger partial charge < -0.3 is 14.1 Å². The van der Waals surface area contributed by atoms with Crippen LogP contribution in [0.3, 0.4) is 0 Å². The number of hydrogen-bond acceptors (Lipinski definition) is 3. The Kier molecular flexibility index (Phi) is 12.4. The highest BCUT2D eigenvalue weighted by atomic mass is 79.9. The third-order valence-corrected chi connectivity index (χ3v) is 11.8. The van der Waals surface area contributed by atoms with Crippen molar-refractivity contribution in [2.45, 2.75) is 38.8 Å². The summed E-state index contributed by atoms with van der Waals surface area (Å²) >= 11 is 17.4. The summed E-state index contributed by atoms with van der Waals surface area (Å²) in [6.07, 6.45) is 16.1. The van der Waals surface area contributed by atoms with Gasteiger partial charge in [-0.2, -0.15) is 0 Å². The third-order valence-electron chi connectivity index (χ3n) is 9.15. The average molecular weight is 1010 g/mol. The number of aromatic nitrogens is 6. The van der Waals surface area contributed by atoms with Crippen LogP contribution in [0.15, 0.2) is 123 Å². The number of halogens is 5. The molecule has 9 aromatic rings. The van der Waals surface area contributed by atoms with Gasteiger partial charge in [0.15, 0.2) is 0 Å². The van der Waals surface area contributed by atoms with Crippen LogP contribution in [0.1, 0.15) is 25.7 Å². The maximum absolute atomic E-state index is 4.39. The fourth-order valence-corrected chi connectivity index (χ4v) is 8.65. The number of hydrogen-bond donors (Lipinski definition) is 1. The number of nitrogens with one attached hydrogen (secondary N) is 1. The molecule has 0 amide bonds. The van der Waals surface area contributed by atoms with Gasteiger partial charge in [0, 0.05) is 105 Å². The highest BCUT2D eigenvalue weighted by Gasteiger charge is 2.13. The number of alkyl halides is 2. The summed E-state index contributed by atoms with van der Waals surface area (Å²) in [5.74, 6) is 0. The van der Waals surface area contributed by atoms with Crippen molar-refractivity contribution in [3.63, 3.8) is 0 Å². The summed E-state index contributed by atoms with van der Waals surface area (Å²) in [7, 11) is 0. The first-order chi connectivity index (χ1) is 25.5. The van der Waals surface area contributed by atoms with E-state index in [0.717, 1.165) is 61.0 Å². The number of nitrogens with zero attached hydrogens (tertiary/aromatic N) is 5. The normalized spacial score (nSPS) is 11.4. The first-order valence-electron chi connectivity index (χ1n) is 17.1. The minimum atomic E-state index is 0.967. The highest BCUT2D eigenvalue weighted by molar-refractivity contribution is 9.11. The summed E-state index contributed by atoms with van der Waals surface area (Å²) in [6.45, 7) is 1.93. The lowest BCUT2D eigenvalue weighted by Crippen LogP contribution is -2.02. The number of aryl methyl sites for hydroxylation is 2. The smallest absolute Gasteiger partial charge is 0.0677 e. The molecule has 0 saturated carbocycles. The van der Waals surface area contributed by atoms with Gasteiger partial charge in [0.2, 0.25) is 0 Å². The molecule has 6 heterocycles. The zero-order valence-corrected chi connectivity index (χ0v) is 36.1. The molecule has 0 aliphatic rings. The molecule has 0 fully saturated rings. The molecule has 0 bridgehead atoms. The zero-order valence-electron chi connectivity index (χ0n) is 28.2. The zero-order chi connectivity index (χ0) is 36.0. The van der Waals surface area contributed by atoms with E-state index >= 15 is 0 Å². The van der Waals surface area contributed by atoms with Crippen LogP contribution in [0, 0.1) is 0 Å². The molecule has 264 valence electrons. The van der Waals surface area contributed by atoms with E-state index in [-0.39, 0.29) is 0 Å². The maximum atomic E-state index is 4.39. The molecule has 3 aromatic carbocycles. The molecule has 0 radical (unpaired) electrons. The largest absolute Gasteiger partial charge is 0.353 e. The molecule has 6 aromatic heterocycles. The van der Waals surface area contributed by atoms with Crippen molar-refractivity contribution < 1.29 is 0 Å². The molecule has 0 atom stereocenters. The van der Waals surface area contributed by atoms with Gasteiger partial charge in [-0.3, -0.25) is 15.0 Å². The Bertz CT molecular complexity index is 2500. The van der Waals surface area contributed by atoms with Gasteiger partial charge in [0.1, 0.15) is 0 Å². The van der Waals surface area contributed by atoms with Crippen molar-refractivity contribution in [1.29, 1.82) is 0 Å². The lowest BCUT2D eigenvalue weighted by molar-refractivity contribution is 0.583. The van der Waals surface area contributed by atoms with Gasteiger partial charge in [-0.25, -0.2) is 0 Å². The topological polar surface area (TPSA) is 64.3 Å². The van der Waals surface area contributed by atoms with Gasteiger partial charge in [0.05, 0.1) is 35.1 Å². The van der Waals surface area contributed by atoms with Crippen molar-refractivity contribution in [3.05, 3.63) is 123 Å². The average Bonchev–Trinajstić information content (AvgIpc) is 3.80. The second-order valence-electron chi connectivity index (χ2n) is 12.4. The standard InChI is InChI=1S/C26H20Br2N4.C11H7BrN2.C4H8Br2/c27-17-3-5-23-21(13-17)19-7-9-29-15-25(19)31(23)11-1-2-12-32-24-6-4-18(28)14-22(24)20-8-10-30-16-26(20)32;12-7-1-2-10-9(5-7)8-3-4-13-6-11(8)14-10;5-3-1-2-4-6/h3-10,13-16H,1-2,11-12H2;1-6,14H;1-4H2. The third kappa shape index (κ3) is 8.04. The molecule has 0 spiro atoms. The van der Waals surface area contributed by atoms with E-state index in [2.05, 4.69) is 169 Å². The lowest BCUT2D eigenvalue weighted by Gasteiger charge is -2.10. The van der Waals surface area contributed by atoms with Gasteiger partial charge >= 0.3 is 0 Å². The molecule has 9 rings (SSSR count). The van der Waals surface area contributed by atoms with Crippen LogP contribution in [0.25, 0.3) is 65.4 Å². The van der Waals surface area contributed by atoms with E-state index in [1.807, 2.05) is 49.3 Å². The van der Waals surface area contributed by atoms with Crippen LogP contribution in [0.2, 0.25) is 0 Å². The second-order valence-corrected chi connectivity index (χ2v) is 16.8. The summed E-state index contributed by atoms with van der Waals surface area (Å²) in [6, 6.07) is 25.5. The Morgan fingerprint density at radius 3 is 1.42 bits per heavy atom. The van der Waals surface area contributed by atoms with Crippen molar-refractivity contribution in [1.82, 2.24) is 29.1 Å². The quantitative estimate of drug-likeness (QED) is 0.122. The number of unbranched alkanes of at least 4 members (excludes halogenated alkanes) is 2. The molecular formula is C41H35Br5N6. The Hall–Kier alpha value is -3.09. The summed E-state index contributed by atoms with van der Waals surface area (Å²) in [5, 5.41) is 9.79. The van der Waals surface area contributed by atoms with Crippen LogP contribution in [-0.2, 0) is 13.1 Å². The number of benzene rings is 3. The first kappa shape index (κ1) is 37.2. The lowest BCUT2D eigenvalue weighted by atomic mass is 10.2. The predicted octanol–water partition coefficient (Wildman–Crippen LogP) is 13.7. The van der Waals surface area contributed by atoms with Crippen LogP contribution < -0.4 is 0 Å². The molecular weight excluding hydrogens is 976 g/mol. The number of H-pyrrole nitrogens is 1. The van der Waals surface area contributed by atoms with Crippen LogP contribution in [0.5, 0.6) is 0 Å². The monoisotopic (exact) mass is 1010 g/mol. The molecule has 52 heavy (non-hydrogen) atoms. The Labute approximate surface area is 344 Å². The summed E-state index contributed by atoms with van der Waals surface area (Å²) < 4.78 is 8.13. The highest BCUT2D eigenvalue weighted by Crippen LogP contribution is 2.33. The molecule has 0 saturated heterocycles. The van der Waals surface area contributed by atoms with Crippen molar-refractivity contribution in [3.8, 4) is 0 Å². The van der Waals surface area contributed by atoms with E-state index in [9.17, 15) is 0 Å². The SMILES string of the molecule is BrCCCCBr.Brc1ccc2[nH]c3cnccc3c2c1.Brc1ccc2c(c1)c1ccncc1n2CCCCn1c2ccc(Br)cc2c2ccncc21. The number of aromatic amines is 1. The Balaban J connectivity index is 0.000000173. The van der Waals surface area contributed by atoms with E-state index in [1.54, 1.807) is 0 Å². The van der Waals surface area contributed by atoms with Gasteiger partial charge in [0.25, 0.3) is 0 Å². The van der Waals surface area contributed by atoms with E-state index in [4.69, 9.17) is 0 Å². The van der Waals surface area contributed by atoms with Crippen LogP contribution in [0.4, 0.5) is 0 Å². The summed E-state index contributed by atoms with van der Waals surface area (Å²) in [4.78, 5) is 16.2. The molecule has 11 heteroatoms. The maximum Gasteiger partial charge on any atom is 0.0677 e. The number of rotatable bonds is 8. The minimum absolute atomic E-state index is 0.967. The molecule has 6 nitrogen and oxygen atoms in total. The second kappa shape index (κ2) is 17.4. The van der Waals surface area contributed by atoms with Gasteiger partial charge in [-0.05, 0) is 98.5 Å². The fourth-order valence-electron chi connectivity index (χ4n) is 6.77. The molecule has 0 aliphatic carbocycles.